The van der Waals surface area contributed by atoms with E-state index in [1.807, 2.05) is 12.3 Å². The molecule has 0 amide bonds. The number of aliphatic hydroxyl groups is 1. The third kappa shape index (κ3) is 2.30. The van der Waals surface area contributed by atoms with Gasteiger partial charge in [0.05, 0.1) is 6.10 Å². The van der Waals surface area contributed by atoms with Gasteiger partial charge in [-0.3, -0.25) is 4.98 Å². The van der Waals surface area contributed by atoms with E-state index in [0.29, 0.717) is 16.7 Å². The minimum Gasteiger partial charge on any atom is -0.393 e. The number of hydrogen-bond donors (Lipinski definition) is 1. The highest BCUT2D eigenvalue weighted by Crippen LogP contribution is 2.67. The van der Waals surface area contributed by atoms with Gasteiger partial charge >= 0.3 is 0 Å². The van der Waals surface area contributed by atoms with Gasteiger partial charge < -0.3 is 5.11 Å². The van der Waals surface area contributed by atoms with Crippen molar-refractivity contribution in [2.24, 2.45) is 28.6 Å². The summed E-state index contributed by atoms with van der Waals surface area (Å²) in [6.45, 7) is 5.10. The van der Waals surface area contributed by atoms with E-state index >= 15 is 0 Å². The van der Waals surface area contributed by atoms with Gasteiger partial charge in [0.15, 0.2) is 0 Å². The van der Waals surface area contributed by atoms with Crippen LogP contribution in [0.1, 0.15) is 76.8 Å². The summed E-state index contributed by atoms with van der Waals surface area (Å²) in [5.41, 5.74) is 3.69. The van der Waals surface area contributed by atoms with Crippen molar-refractivity contribution in [2.45, 2.75) is 77.2 Å². The van der Waals surface area contributed by atoms with Crippen LogP contribution in [0.3, 0.4) is 0 Å². The van der Waals surface area contributed by atoms with E-state index in [1.165, 1.54) is 44.2 Å². The van der Waals surface area contributed by atoms with Gasteiger partial charge in [0.2, 0.25) is 0 Å². The van der Waals surface area contributed by atoms with Gasteiger partial charge in [-0.2, -0.15) is 0 Å². The zero-order valence-electron chi connectivity index (χ0n) is 16.3. The molecule has 0 spiro atoms. The van der Waals surface area contributed by atoms with Gasteiger partial charge in [0.1, 0.15) is 0 Å². The molecule has 4 aliphatic carbocycles. The van der Waals surface area contributed by atoms with E-state index in [0.717, 1.165) is 30.6 Å². The number of rotatable bonds is 1. The highest BCUT2D eigenvalue weighted by Gasteiger charge is 2.58. The van der Waals surface area contributed by atoms with Crippen molar-refractivity contribution >= 4 is 0 Å². The number of pyridine rings is 1. The van der Waals surface area contributed by atoms with Crippen LogP contribution in [0.2, 0.25) is 0 Å². The summed E-state index contributed by atoms with van der Waals surface area (Å²) in [6.07, 6.45) is 14.2. The molecule has 7 atom stereocenters. The summed E-state index contributed by atoms with van der Waals surface area (Å²) in [4.78, 5) is 4.75. The van der Waals surface area contributed by atoms with E-state index < -0.39 is 0 Å². The largest absolute Gasteiger partial charge is 0.393 e. The van der Waals surface area contributed by atoms with E-state index in [9.17, 15) is 5.11 Å². The number of fused-ring (bicyclic) bond motifs is 5. The van der Waals surface area contributed by atoms with Crippen LogP contribution >= 0.6 is 0 Å². The number of aromatic nitrogens is 1. The molecule has 0 radical (unpaired) electrons. The molecule has 1 aromatic rings. The van der Waals surface area contributed by atoms with Gasteiger partial charge in [-0.1, -0.05) is 31.6 Å². The van der Waals surface area contributed by atoms with Gasteiger partial charge in [-0.25, -0.2) is 0 Å². The highest BCUT2D eigenvalue weighted by molar-refractivity contribution is 5.27. The molecule has 4 aliphatic rings. The SMILES string of the molecule is C[C@]12CC[C@H]3[C@@H](CC=C4C[C@@H](O)CC[C@@]43C)[C@@H]1CC[C@H]2c1ccccn1. The summed E-state index contributed by atoms with van der Waals surface area (Å²) >= 11 is 0. The zero-order valence-corrected chi connectivity index (χ0v) is 16.3. The molecule has 0 aromatic carbocycles. The maximum Gasteiger partial charge on any atom is 0.0577 e. The molecular formula is C24H33NO. The predicted octanol–water partition coefficient (Wildman–Crippen LogP) is 5.49. The second-order valence-corrected chi connectivity index (χ2v) is 10.1. The van der Waals surface area contributed by atoms with Crippen LogP contribution in [-0.4, -0.2) is 16.2 Å². The Bertz CT molecular complexity index is 712. The number of allylic oxidation sites excluding steroid dienone is 1. The maximum atomic E-state index is 10.2. The molecule has 0 bridgehead atoms. The van der Waals surface area contributed by atoms with Crippen molar-refractivity contribution in [3.63, 3.8) is 0 Å². The van der Waals surface area contributed by atoms with Gasteiger partial charge in [-0.05, 0) is 92.1 Å². The normalized spacial score (nSPS) is 47.5. The summed E-state index contributed by atoms with van der Waals surface area (Å²) in [7, 11) is 0. The number of nitrogens with zero attached hydrogens (tertiary/aromatic N) is 1. The first-order valence-corrected chi connectivity index (χ1v) is 10.8. The van der Waals surface area contributed by atoms with Crippen LogP contribution in [0.25, 0.3) is 0 Å². The Morgan fingerprint density at radius 1 is 1.04 bits per heavy atom. The van der Waals surface area contributed by atoms with Crippen molar-refractivity contribution in [3.05, 3.63) is 41.7 Å². The van der Waals surface area contributed by atoms with Gasteiger partial charge in [0.25, 0.3) is 0 Å². The van der Waals surface area contributed by atoms with E-state index in [4.69, 9.17) is 4.98 Å². The predicted molar refractivity (Wildman–Crippen MR) is 105 cm³/mol. The zero-order chi connectivity index (χ0) is 17.9. The average Bonchev–Trinajstić information content (AvgIpc) is 3.00. The van der Waals surface area contributed by atoms with Crippen LogP contribution in [0.15, 0.2) is 36.0 Å². The van der Waals surface area contributed by atoms with E-state index in [1.54, 1.807) is 5.57 Å². The molecule has 1 aromatic heterocycles. The number of aliphatic hydroxyl groups excluding tert-OH is 1. The van der Waals surface area contributed by atoms with Crippen molar-refractivity contribution in [3.8, 4) is 0 Å². The third-order valence-corrected chi connectivity index (χ3v) is 9.12. The molecule has 5 rings (SSSR count). The molecule has 26 heavy (non-hydrogen) atoms. The van der Waals surface area contributed by atoms with Crippen LogP contribution < -0.4 is 0 Å². The lowest BCUT2D eigenvalue weighted by atomic mass is 9.47. The molecule has 3 fully saturated rings. The summed E-state index contributed by atoms with van der Waals surface area (Å²) in [5, 5.41) is 10.2. The second kappa shape index (κ2) is 5.92. The van der Waals surface area contributed by atoms with E-state index in [2.05, 4.69) is 32.1 Å². The van der Waals surface area contributed by atoms with Crippen molar-refractivity contribution in [1.29, 1.82) is 0 Å². The Kier molecular flexibility index (Phi) is 3.87. The third-order valence-electron chi connectivity index (χ3n) is 9.12. The van der Waals surface area contributed by atoms with Crippen LogP contribution in [0, 0.1) is 28.6 Å². The Hall–Kier alpha value is -1.15. The Morgan fingerprint density at radius 2 is 1.92 bits per heavy atom. The Balaban J connectivity index is 1.47. The fourth-order valence-corrected chi connectivity index (χ4v) is 7.71. The average molecular weight is 352 g/mol. The topological polar surface area (TPSA) is 33.1 Å². The first-order chi connectivity index (χ1) is 12.5. The highest BCUT2D eigenvalue weighted by atomic mass is 16.3. The molecule has 140 valence electrons. The van der Waals surface area contributed by atoms with Gasteiger partial charge in [-0.15, -0.1) is 0 Å². The molecule has 1 heterocycles. The second-order valence-electron chi connectivity index (χ2n) is 10.1. The molecule has 0 saturated heterocycles. The lowest BCUT2D eigenvalue weighted by molar-refractivity contribution is -0.0412. The van der Waals surface area contributed by atoms with Crippen molar-refractivity contribution < 1.29 is 5.11 Å². The number of hydrogen-bond acceptors (Lipinski definition) is 2. The van der Waals surface area contributed by atoms with Crippen LogP contribution in [0.5, 0.6) is 0 Å². The minimum atomic E-state index is -0.0975. The molecule has 2 nitrogen and oxygen atoms in total. The monoisotopic (exact) mass is 351 g/mol. The fourth-order valence-electron chi connectivity index (χ4n) is 7.71. The maximum absolute atomic E-state index is 10.2. The van der Waals surface area contributed by atoms with E-state index in [-0.39, 0.29) is 6.10 Å². The lowest BCUT2D eigenvalue weighted by Crippen LogP contribution is -2.50. The lowest BCUT2D eigenvalue weighted by Gasteiger charge is -2.58. The Morgan fingerprint density at radius 3 is 2.73 bits per heavy atom. The molecule has 0 unspecified atom stereocenters. The van der Waals surface area contributed by atoms with Crippen molar-refractivity contribution in [1.82, 2.24) is 4.98 Å². The molecule has 3 saturated carbocycles. The fraction of sp³-hybridized carbons (Fsp3) is 0.708. The summed E-state index contributed by atoms with van der Waals surface area (Å²) < 4.78 is 0. The standard InChI is InChI=1S/C24H33NO/c1-23-12-10-17(26)15-16(23)6-7-18-19-8-9-21(22-5-3-4-14-25-22)24(19,2)13-11-20(18)23/h3-6,14,17-21,26H,7-13,15H2,1-2H3/t17-,18-,19-,20-,21-,23-,24-/m0/s1. The first kappa shape index (κ1) is 17.0. The summed E-state index contributed by atoms with van der Waals surface area (Å²) in [5.74, 6) is 3.15. The quantitative estimate of drug-likeness (QED) is 0.679. The molecule has 1 N–H and O–H groups in total. The molecule has 2 heteroatoms. The van der Waals surface area contributed by atoms with Crippen molar-refractivity contribution in [2.75, 3.05) is 0 Å². The Labute approximate surface area is 158 Å². The molecule has 0 aliphatic heterocycles. The smallest absolute Gasteiger partial charge is 0.0577 e. The summed E-state index contributed by atoms with van der Waals surface area (Å²) in [6, 6.07) is 6.46. The minimum absolute atomic E-state index is 0.0975. The molecular weight excluding hydrogens is 318 g/mol. The van der Waals surface area contributed by atoms with Crippen LogP contribution in [0.4, 0.5) is 0 Å². The first-order valence-electron chi connectivity index (χ1n) is 10.8. The van der Waals surface area contributed by atoms with Crippen LogP contribution in [-0.2, 0) is 0 Å². The van der Waals surface area contributed by atoms with Gasteiger partial charge in [0, 0.05) is 17.8 Å².